The molecule has 1 aliphatic rings. The van der Waals surface area contributed by atoms with E-state index < -0.39 is 5.97 Å². The van der Waals surface area contributed by atoms with Crippen molar-refractivity contribution in [3.63, 3.8) is 0 Å². The molecule has 1 fully saturated rings. The van der Waals surface area contributed by atoms with Gasteiger partial charge in [0, 0.05) is 19.3 Å². The van der Waals surface area contributed by atoms with Gasteiger partial charge in [-0.1, -0.05) is 0 Å². The van der Waals surface area contributed by atoms with Gasteiger partial charge in [0.25, 0.3) is 0 Å². The first-order chi connectivity index (χ1) is 8.61. The molecule has 98 valence electrons. The number of aliphatic hydroxyl groups is 1. The van der Waals surface area contributed by atoms with Gasteiger partial charge in [-0.15, -0.1) is 0 Å². The van der Waals surface area contributed by atoms with Crippen LogP contribution in [0.25, 0.3) is 0 Å². The summed E-state index contributed by atoms with van der Waals surface area (Å²) in [5.41, 5.74) is 0.0586. The molecule has 0 radical (unpaired) electrons. The highest BCUT2D eigenvalue weighted by molar-refractivity contribution is 5.92. The zero-order valence-electron chi connectivity index (χ0n) is 9.98. The lowest BCUT2D eigenvalue weighted by molar-refractivity contribution is -0.0423. The molecule has 1 aromatic heterocycles. The Morgan fingerprint density at radius 1 is 1.61 bits per heavy atom. The number of carbonyl (C=O) groups is 1. The molecule has 1 saturated heterocycles. The van der Waals surface area contributed by atoms with E-state index in [1.54, 1.807) is 4.90 Å². The second-order valence-electron chi connectivity index (χ2n) is 4.22. The number of carboxylic acids is 1. The Hall–Kier alpha value is -1.73. The maximum atomic E-state index is 11.1. The molecule has 0 spiro atoms. The van der Waals surface area contributed by atoms with Gasteiger partial charge in [0.05, 0.1) is 18.8 Å². The minimum atomic E-state index is -1.06. The molecule has 18 heavy (non-hydrogen) atoms. The number of anilines is 1. The lowest BCUT2D eigenvalue weighted by Crippen LogP contribution is -2.48. The van der Waals surface area contributed by atoms with Crippen LogP contribution in [0.3, 0.4) is 0 Å². The van der Waals surface area contributed by atoms with E-state index in [1.165, 1.54) is 12.5 Å². The smallest absolute Gasteiger partial charge is 0.341 e. The first-order valence-electron chi connectivity index (χ1n) is 5.66. The number of carboxylic acid groups (broad SMARTS) is 1. The summed E-state index contributed by atoms with van der Waals surface area (Å²) in [7, 11) is 0. The average Bonchev–Trinajstić information content (AvgIpc) is 2.38. The van der Waals surface area contributed by atoms with Crippen LogP contribution in [0.5, 0.6) is 0 Å². The number of nitrogens with zero attached hydrogens (tertiary/aromatic N) is 3. The Bertz CT molecular complexity index is 440. The fraction of sp³-hybridized carbons (Fsp3) is 0.545. The van der Waals surface area contributed by atoms with Crippen molar-refractivity contribution in [3.8, 4) is 0 Å². The Morgan fingerprint density at radius 2 is 2.39 bits per heavy atom. The Morgan fingerprint density at radius 3 is 3.06 bits per heavy atom. The average molecular weight is 253 g/mol. The third kappa shape index (κ3) is 2.57. The Balaban J connectivity index is 2.27. The highest BCUT2D eigenvalue weighted by Crippen LogP contribution is 2.21. The topological polar surface area (TPSA) is 95.8 Å². The second-order valence-corrected chi connectivity index (χ2v) is 4.22. The van der Waals surface area contributed by atoms with Gasteiger partial charge in [-0.05, 0) is 6.92 Å². The van der Waals surface area contributed by atoms with Crippen molar-refractivity contribution in [2.45, 2.75) is 19.1 Å². The van der Waals surface area contributed by atoms with Gasteiger partial charge >= 0.3 is 5.97 Å². The van der Waals surface area contributed by atoms with E-state index >= 15 is 0 Å². The van der Waals surface area contributed by atoms with Gasteiger partial charge in [-0.25, -0.2) is 14.8 Å². The predicted octanol–water partition coefficient (Wildman–Crippen LogP) is -0.239. The molecule has 2 atom stereocenters. The summed E-state index contributed by atoms with van der Waals surface area (Å²) in [5, 5.41) is 18.2. The van der Waals surface area contributed by atoms with Crippen LogP contribution in [0.4, 0.5) is 5.82 Å². The summed E-state index contributed by atoms with van der Waals surface area (Å²) < 4.78 is 5.51. The van der Waals surface area contributed by atoms with Crippen molar-refractivity contribution in [1.29, 1.82) is 0 Å². The molecule has 0 amide bonds. The summed E-state index contributed by atoms with van der Waals surface area (Å²) in [6, 6.07) is 0. The van der Waals surface area contributed by atoms with E-state index in [0.717, 1.165) is 0 Å². The van der Waals surface area contributed by atoms with Gasteiger partial charge in [0.2, 0.25) is 0 Å². The number of hydrogen-bond donors (Lipinski definition) is 2. The molecule has 2 unspecified atom stereocenters. The van der Waals surface area contributed by atoms with Crippen LogP contribution in [0.2, 0.25) is 0 Å². The highest BCUT2D eigenvalue weighted by atomic mass is 16.5. The summed E-state index contributed by atoms with van der Waals surface area (Å²) in [5.74, 6) is -0.698. The van der Waals surface area contributed by atoms with E-state index in [2.05, 4.69) is 9.97 Å². The highest BCUT2D eigenvalue weighted by Gasteiger charge is 2.28. The second kappa shape index (κ2) is 5.28. The lowest BCUT2D eigenvalue weighted by Gasteiger charge is -2.37. The van der Waals surface area contributed by atoms with Crippen molar-refractivity contribution in [2.75, 3.05) is 24.6 Å². The van der Waals surface area contributed by atoms with E-state index in [0.29, 0.717) is 18.9 Å². The van der Waals surface area contributed by atoms with Crippen molar-refractivity contribution in [1.82, 2.24) is 9.97 Å². The van der Waals surface area contributed by atoms with Crippen molar-refractivity contribution >= 4 is 11.8 Å². The minimum absolute atomic E-state index is 0.0586. The van der Waals surface area contributed by atoms with Gasteiger partial charge < -0.3 is 19.8 Å². The van der Waals surface area contributed by atoms with Crippen LogP contribution < -0.4 is 4.90 Å². The van der Waals surface area contributed by atoms with Crippen molar-refractivity contribution < 1.29 is 19.7 Å². The fourth-order valence-electron chi connectivity index (χ4n) is 2.05. The van der Waals surface area contributed by atoms with E-state index in [1.807, 2.05) is 6.92 Å². The van der Waals surface area contributed by atoms with Gasteiger partial charge in [0.15, 0.2) is 0 Å². The number of aromatic nitrogens is 2. The van der Waals surface area contributed by atoms with Gasteiger partial charge in [-0.3, -0.25) is 0 Å². The number of hydrogen-bond acceptors (Lipinski definition) is 6. The monoisotopic (exact) mass is 253 g/mol. The van der Waals surface area contributed by atoms with Gasteiger partial charge in [-0.2, -0.15) is 0 Å². The molecule has 0 saturated carbocycles. The van der Waals surface area contributed by atoms with Crippen LogP contribution >= 0.6 is 0 Å². The fourth-order valence-corrected chi connectivity index (χ4v) is 2.05. The molecule has 0 aromatic carbocycles. The molecule has 1 aromatic rings. The normalized spacial score (nSPS) is 24.0. The standard InChI is InChI=1S/C11H15N3O4/c1-7-3-14(4-8(5-15)18-7)10-9(11(16)17)2-12-6-13-10/h2,6-8,15H,3-5H2,1H3,(H,16,17). The Labute approximate surface area is 104 Å². The molecule has 1 aliphatic heterocycles. The van der Waals surface area contributed by atoms with E-state index in [-0.39, 0.29) is 24.4 Å². The predicted molar refractivity (Wildman–Crippen MR) is 62.6 cm³/mol. The first kappa shape index (κ1) is 12.7. The lowest BCUT2D eigenvalue weighted by atomic mass is 10.2. The largest absolute Gasteiger partial charge is 0.477 e. The summed E-state index contributed by atoms with van der Waals surface area (Å²) in [6.45, 7) is 2.72. The summed E-state index contributed by atoms with van der Waals surface area (Å²) >= 11 is 0. The number of aromatic carboxylic acids is 1. The number of rotatable bonds is 3. The van der Waals surface area contributed by atoms with Crippen LogP contribution in [-0.2, 0) is 4.74 Å². The first-order valence-corrected chi connectivity index (χ1v) is 5.66. The number of ether oxygens (including phenoxy) is 1. The molecule has 7 nitrogen and oxygen atoms in total. The van der Waals surface area contributed by atoms with Gasteiger partial charge in [0.1, 0.15) is 17.7 Å². The zero-order chi connectivity index (χ0) is 13.1. The molecule has 2 heterocycles. The SMILES string of the molecule is CC1CN(c2ncncc2C(=O)O)CC(CO)O1. The van der Waals surface area contributed by atoms with Crippen LogP contribution in [-0.4, -0.2) is 58.1 Å². The maximum absolute atomic E-state index is 11.1. The number of aliphatic hydroxyl groups excluding tert-OH is 1. The Kier molecular flexibility index (Phi) is 3.73. The third-order valence-corrected chi connectivity index (χ3v) is 2.75. The number of morpholine rings is 1. The molecule has 7 heteroatoms. The van der Waals surface area contributed by atoms with E-state index in [4.69, 9.17) is 14.9 Å². The van der Waals surface area contributed by atoms with Crippen LogP contribution in [0, 0.1) is 0 Å². The molecule has 0 aliphatic carbocycles. The van der Waals surface area contributed by atoms with Crippen molar-refractivity contribution in [3.05, 3.63) is 18.1 Å². The molecular weight excluding hydrogens is 238 g/mol. The van der Waals surface area contributed by atoms with Crippen molar-refractivity contribution in [2.24, 2.45) is 0 Å². The van der Waals surface area contributed by atoms with E-state index in [9.17, 15) is 4.79 Å². The molecule has 0 bridgehead atoms. The van der Waals surface area contributed by atoms with Crippen LogP contribution in [0.1, 0.15) is 17.3 Å². The molecule has 2 N–H and O–H groups in total. The summed E-state index contributed by atoms with van der Waals surface area (Å²) in [6.07, 6.45) is 2.17. The quantitative estimate of drug-likeness (QED) is 0.767. The molecular formula is C11H15N3O4. The maximum Gasteiger partial charge on any atom is 0.341 e. The minimum Gasteiger partial charge on any atom is -0.477 e. The zero-order valence-corrected chi connectivity index (χ0v) is 9.98. The third-order valence-electron chi connectivity index (χ3n) is 2.75. The van der Waals surface area contributed by atoms with Crippen LogP contribution in [0.15, 0.2) is 12.5 Å². The molecule has 2 rings (SSSR count). The summed E-state index contributed by atoms with van der Waals surface area (Å²) in [4.78, 5) is 20.7.